The Hall–Kier alpha value is -3.35. The van der Waals surface area contributed by atoms with E-state index in [2.05, 4.69) is 5.10 Å². The number of anilines is 1. The first-order chi connectivity index (χ1) is 13.5. The van der Waals surface area contributed by atoms with Crippen LogP contribution in [0.5, 0.6) is 0 Å². The zero-order valence-corrected chi connectivity index (χ0v) is 14.9. The van der Waals surface area contributed by atoms with E-state index in [4.69, 9.17) is 0 Å². The van der Waals surface area contributed by atoms with Crippen molar-refractivity contribution in [3.8, 4) is 0 Å². The van der Waals surface area contributed by atoms with Gasteiger partial charge in [-0.25, -0.2) is 9.29 Å². The number of rotatable bonds is 2. The van der Waals surface area contributed by atoms with Gasteiger partial charge in [0.2, 0.25) is 11.8 Å². The molecule has 0 unspecified atom stereocenters. The minimum Gasteiger partial charge on any atom is -0.298 e. The second-order valence-corrected chi connectivity index (χ2v) is 7.30. The van der Waals surface area contributed by atoms with E-state index in [1.165, 1.54) is 25.1 Å². The Labute approximate surface area is 160 Å². The minimum atomic E-state index is -0.846. The van der Waals surface area contributed by atoms with Gasteiger partial charge in [-0.05, 0) is 36.2 Å². The Morgan fingerprint density at radius 2 is 1.79 bits per heavy atom. The largest absolute Gasteiger partial charge is 0.298 e. The van der Waals surface area contributed by atoms with Crippen LogP contribution in [0.25, 0.3) is 0 Å². The van der Waals surface area contributed by atoms with Crippen molar-refractivity contribution >= 4 is 29.5 Å². The molecule has 28 heavy (non-hydrogen) atoms. The quantitative estimate of drug-likeness (QED) is 0.753. The maximum atomic E-state index is 13.7. The average Bonchev–Trinajstić information content (AvgIpc) is 3.15. The Balaban J connectivity index is 1.66. The molecule has 0 aromatic heterocycles. The summed E-state index contributed by atoms with van der Waals surface area (Å²) in [5, 5.41) is 6.00. The van der Waals surface area contributed by atoms with Crippen molar-refractivity contribution in [2.75, 3.05) is 4.90 Å². The van der Waals surface area contributed by atoms with Crippen molar-refractivity contribution in [3.63, 3.8) is 0 Å². The number of amides is 2. The number of halogens is 1. The molecule has 0 saturated carbocycles. The highest BCUT2D eigenvalue weighted by atomic mass is 19.1. The Morgan fingerprint density at radius 3 is 2.54 bits per heavy atom. The van der Waals surface area contributed by atoms with Crippen LogP contribution in [-0.4, -0.2) is 34.9 Å². The number of carbonyl (C=O) groups excluding carboxylic acids is 3. The van der Waals surface area contributed by atoms with E-state index in [9.17, 15) is 18.8 Å². The molecule has 3 heterocycles. The third-order valence-corrected chi connectivity index (χ3v) is 5.78. The predicted molar refractivity (Wildman–Crippen MR) is 99.0 cm³/mol. The molecule has 0 radical (unpaired) electrons. The van der Waals surface area contributed by atoms with Crippen molar-refractivity contribution in [2.24, 2.45) is 16.9 Å². The SMILES string of the molecule is CC(=O)[C@@H]1[C@@H]2C(=O)N(c3cccc(F)c3)C(=O)[C@@H]2[C@H]2c3ccccc3C=NN12. The summed E-state index contributed by atoms with van der Waals surface area (Å²) in [6.45, 7) is 1.41. The number of nitrogens with zero attached hydrogens (tertiary/aromatic N) is 3. The van der Waals surface area contributed by atoms with Crippen molar-refractivity contribution in [3.05, 3.63) is 65.5 Å². The molecule has 140 valence electrons. The Morgan fingerprint density at radius 1 is 1.04 bits per heavy atom. The summed E-state index contributed by atoms with van der Waals surface area (Å²) in [5.41, 5.74) is 1.90. The van der Waals surface area contributed by atoms with Crippen LogP contribution in [0.3, 0.4) is 0 Å². The number of hydrogen-bond acceptors (Lipinski definition) is 5. The van der Waals surface area contributed by atoms with Crippen molar-refractivity contribution in [1.29, 1.82) is 0 Å². The number of imide groups is 1. The van der Waals surface area contributed by atoms with Crippen LogP contribution >= 0.6 is 0 Å². The van der Waals surface area contributed by atoms with E-state index in [0.29, 0.717) is 0 Å². The van der Waals surface area contributed by atoms with Gasteiger partial charge in [0.25, 0.3) is 0 Å². The molecule has 2 saturated heterocycles. The van der Waals surface area contributed by atoms with Gasteiger partial charge in [-0.15, -0.1) is 0 Å². The van der Waals surface area contributed by atoms with Crippen LogP contribution in [0.1, 0.15) is 24.1 Å². The number of benzene rings is 2. The lowest BCUT2D eigenvalue weighted by Crippen LogP contribution is -2.43. The molecule has 0 spiro atoms. The van der Waals surface area contributed by atoms with Crippen LogP contribution in [0.4, 0.5) is 10.1 Å². The molecule has 2 aromatic carbocycles. The smallest absolute Gasteiger partial charge is 0.240 e. The van der Waals surface area contributed by atoms with Gasteiger partial charge >= 0.3 is 0 Å². The number of Topliss-reactive ketones (excluding diaryl/α,β-unsaturated/α-hetero) is 1. The van der Waals surface area contributed by atoms with Crippen LogP contribution in [0.2, 0.25) is 0 Å². The summed E-state index contributed by atoms with van der Waals surface area (Å²) < 4.78 is 13.7. The topological polar surface area (TPSA) is 70.0 Å². The molecule has 2 amide bonds. The van der Waals surface area contributed by atoms with Gasteiger partial charge in [0.1, 0.15) is 11.9 Å². The van der Waals surface area contributed by atoms with Crippen molar-refractivity contribution < 1.29 is 18.8 Å². The molecule has 0 bridgehead atoms. The fraction of sp³-hybridized carbons (Fsp3) is 0.238. The first-order valence-corrected chi connectivity index (χ1v) is 9.04. The van der Waals surface area contributed by atoms with Gasteiger partial charge in [0.15, 0.2) is 5.78 Å². The molecule has 6 nitrogen and oxygen atoms in total. The fourth-order valence-electron chi connectivity index (χ4n) is 4.69. The monoisotopic (exact) mass is 377 g/mol. The van der Waals surface area contributed by atoms with E-state index < -0.39 is 41.6 Å². The van der Waals surface area contributed by atoms with Gasteiger partial charge in [0, 0.05) is 0 Å². The Kier molecular flexibility index (Phi) is 3.49. The van der Waals surface area contributed by atoms with E-state index in [0.717, 1.165) is 22.1 Å². The number of fused-ring (bicyclic) bond motifs is 5. The second kappa shape index (κ2) is 5.82. The highest BCUT2D eigenvalue weighted by Crippen LogP contribution is 2.52. The fourth-order valence-corrected chi connectivity index (χ4v) is 4.69. The van der Waals surface area contributed by atoms with Crippen LogP contribution in [-0.2, 0) is 14.4 Å². The van der Waals surface area contributed by atoms with E-state index in [1.54, 1.807) is 11.2 Å². The summed E-state index contributed by atoms with van der Waals surface area (Å²) in [6, 6.07) is 11.6. The summed E-state index contributed by atoms with van der Waals surface area (Å²) in [4.78, 5) is 40.0. The highest BCUT2D eigenvalue weighted by Gasteiger charge is 2.64. The second-order valence-electron chi connectivity index (χ2n) is 7.30. The third kappa shape index (κ3) is 2.13. The maximum absolute atomic E-state index is 13.7. The number of hydrazone groups is 1. The molecular weight excluding hydrogens is 361 g/mol. The number of carbonyl (C=O) groups is 3. The van der Waals surface area contributed by atoms with Gasteiger partial charge in [-0.1, -0.05) is 30.3 Å². The van der Waals surface area contributed by atoms with Crippen molar-refractivity contribution in [2.45, 2.75) is 19.0 Å². The van der Waals surface area contributed by atoms with E-state index in [-0.39, 0.29) is 11.5 Å². The normalized spacial score (nSPS) is 27.6. The third-order valence-electron chi connectivity index (χ3n) is 5.78. The van der Waals surface area contributed by atoms with Gasteiger partial charge in [0.05, 0.1) is 29.8 Å². The van der Waals surface area contributed by atoms with Crippen LogP contribution < -0.4 is 4.90 Å². The lowest BCUT2D eigenvalue weighted by Gasteiger charge is -2.33. The standard InChI is InChI=1S/C21H16FN3O3/c1-11(26)18-16-17(19-15-8-3-2-5-12(15)10-23-25(18)19)21(28)24(20(16)27)14-7-4-6-13(22)9-14/h2-10,16-19H,1H3/t16-,17+,18-,19-/m1/s1. The molecule has 0 N–H and O–H groups in total. The number of ketones is 1. The highest BCUT2D eigenvalue weighted by molar-refractivity contribution is 6.24. The molecule has 2 fully saturated rings. The molecule has 5 rings (SSSR count). The zero-order valence-electron chi connectivity index (χ0n) is 14.9. The summed E-state index contributed by atoms with van der Waals surface area (Å²) >= 11 is 0. The first-order valence-electron chi connectivity index (χ1n) is 9.04. The van der Waals surface area contributed by atoms with Crippen LogP contribution in [0.15, 0.2) is 53.6 Å². The van der Waals surface area contributed by atoms with E-state index in [1.807, 2.05) is 24.3 Å². The Bertz CT molecular complexity index is 1070. The van der Waals surface area contributed by atoms with E-state index >= 15 is 0 Å². The molecule has 3 aliphatic heterocycles. The molecule has 7 heteroatoms. The van der Waals surface area contributed by atoms with Gasteiger partial charge in [-0.2, -0.15) is 5.10 Å². The lowest BCUT2D eigenvalue weighted by molar-refractivity contribution is -0.129. The molecular formula is C21H16FN3O3. The molecule has 2 aromatic rings. The van der Waals surface area contributed by atoms with Gasteiger partial charge in [-0.3, -0.25) is 19.4 Å². The summed E-state index contributed by atoms with van der Waals surface area (Å²) in [5.74, 6) is -3.26. The van der Waals surface area contributed by atoms with Gasteiger partial charge < -0.3 is 0 Å². The molecule has 4 atom stereocenters. The molecule has 0 aliphatic carbocycles. The summed E-state index contributed by atoms with van der Waals surface area (Å²) in [6.07, 6.45) is 1.65. The minimum absolute atomic E-state index is 0.186. The predicted octanol–water partition coefficient (Wildman–Crippen LogP) is 2.29. The lowest BCUT2D eigenvalue weighted by atomic mass is 9.84. The first kappa shape index (κ1) is 16.8. The zero-order chi connectivity index (χ0) is 19.6. The molecule has 3 aliphatic rings. The average molecular weight is 377 g/mol. The van der Waals surface area contributed by atoms with Crippen LogP contribution in [0, 0.1) is 17.7 Å². The summed E-state index contributed by atoms with van der Waals surface area (Å²) in [7, 11) is 0. The van der Waals surface area contributed by atoms with Crippen molar-refractivity contribution in [1.82, 2.24) is 5.01 Å². The maximum Gasteiger partial charge on any atom is 0.240 e. The number of hydrogen-bond donors (Lipinski definition) is 0.